The molecular weight excluding hydrogens is 501 g/mol. The number of nitrogens with one attached hydrogen (secondary N) is 2. The molecule has 0 bridgehead atoms. The number of amides is 1. The van der Waals surface area contributed by atoms with E-state index in [1.54, 1.807) is 18.2 Å². The number of aromatic nitrogens is 4. The number of nitrogens with zero attached hydrogens (tertiary/aromatic N) is 5. The minimum Gasteiger partial charge on any atom is -0.480 e. The molecule has 4 aromatic rings. The smallest absolute Gasteiger partial charge is 0.262 e. The van der Waals surface area contributed by atoms with Crippen LogP contribution in [-0.4, -0.2) is 57.8 Å². The first-order valence-corrected chi connectivity index (χ1v) is 12.3. The maximum atomic E-state index is 12.8. The molecule has 9 nitrogen and oxygen atoms in total. The number of halogens is 2. The second kappa shape index (κ2) is 10.3. The van der Waals surface area contributed by atoms with Crippen LogP contribution in [0.15, 0.2) is 48.8 Å². The lowest BCUT2D eigenvalue weighted by Gasteiger charge is -2.29. The van der Waals surface area contributed by atoms with Crippen LogP contribution in [0.1, 0.15) is 29.2 Å². The summed E-state index contributed by atoms with van der Waals surface area (Å²) in [4.78, 5) is 23.9. The van der Waals surface area contributed by atoms with Crippen LogP contribution in [0.5, 0.6) is 5.88 Å². The fourth-order valence-corrected chi connectivity index (χ4v) is 4.82. The minimum atomic E-state index is -0.490. The van der Waals surface area contributed by atoms with Crippen molar-refractivity contribution in [2.24, 2.45) is 0 Å². The molecule has 3 heterocycles. The number of carbonyl (C=O) groups is 1. The number of hydrogen-bond acceptors (Lipinski definition) is 7. The van der Waals surface area contributed by atoms with Gasteiger partial charge < -0.3 is 20.3 Å². The number of anilines is 3. The van der Waals surface area contributed by atoms with E-state index < -0.39 is 5.91 Å². The lowest BCUT2D eigenvalue weighted by molar-refractivity contribution is 0.102. The number of methoxy groups -OCH3 is 1. The van der Waals surface area contributed by atoms with Crippen LogP contribution in [0.4, 0.5) is 17.3 Å². The van der Waals surface area contributed by atoms with Crippen molar-refractivity contribution in [3.63, 3.8) is 0 Å². The Kier molecular flexibility index (Phi) is 6.95. The first kappa shape index (κ1) is 24.3. The molecule has 0 radical (unpaired) electrons. The summed E-state index contributed by atoms with van der Waals surface area (Å²) in [6.45, 7) is 2.15. The first-order chi connectivity index (χ1) is 17.4. The molecule has 11 heteroatoms. The minimum absolute atomic E-state index is 0.115. The van der Waals surface area contributed by atoms with E-state index in [-0.39, 0.29) is 11.4 Å². The van der Waals surface area contributed by atoms with E-state index in [2.05, 4.69) is 48.4 Å². The Morgan fingerprint density at radius 1 is 1.11 bits per heavy atom. The molecular formula is C25H25Cl2N7O2. The van der Waals surface area contributed by atoms with E-state index >= 15 is 0 Å². The van der Waals surface area contributed by atoms with Crippen LogP contribution < -0.4 is 15.4 Å². The van der Waals surface area contributed by atoms with E-state index in [1.807, 2.05) is 18.3 Å². The number of fused-ring (bicyclic) bond motifs is 1. The van der Waals surface area contributed by atoms with Gasteiger partial charge in [0.05, 0.1) is 40.6 Å². The standard InChI is InChI=1S/C25H25Cl2N7O2/c1-33-10-8-17(9-11-33)34-21-7-6-16(12-15(21)13-29-34)30-25-28-14-18(24(32-25)36-2)23(35)31-22-19(26)4-3-5-20(22)27/h3-7,12-14,17H,8-11H2,1-2H3,(H,31,35)(H,28,30,32). The van der Waals surface area contributed by atoms with Gasteiger partial charge >= 0.3 is 0 Å². The Morgan fingerprint density at radius 2 is 1.86 bits per heavy atom. The third-order valence-corrected chi connectivity index (χ3v) is 6.91. The molecule has 1 amide bonds. The molecule has 2 aromatic heterocycles. The number of benzene rings is 2. The predicted octanol–water partition coefficient (Wildman–Crippen LogP) is 5.40. The number of hydrogen-bond donors (Lipinski definition) is 2. The second-order valence-electron chi connectivity index (χ2n) is 8.69. The van der Waals surface area contributed by atoms with Gasteiger partial charge in [0.1, 0.15) is 5.56 Å². The zero-order valence-corrected chi connectivity index (χ0v) is 21.3. The first-order valence-electron chi connectivity index (χ1n) is 11.5. The maximum absolute atomic E-state index is 12.8. The summed E-state index contributed by atoms with van der Waals surface area (Å²) in [5.74, 6) is -0.0817. The van der Waals surface area contributed by atoms with Crippen molar-refractivity contribution in [3.05, 3.63) is 64.4 Å². The Bertz CT molecular complexity index is 1400. The zero-order valence-electron chi connectivity index (χ0n) is 19.8. The topological polar surface area (TPSA) is 97.2 Å². The van der Waals surface area contributed by atoms with E-state index in [4.69, 9.17) is 27.9 Å². The number of rotatable bonds is 6. The van der Waals surface area contributed by atoms with Crippen molar-refractivity contribution in [3.8, 4) is 5.88 Å². The van der Waals surface area contributed by atoms with E-state index in [0.29, 0.717) is 27.7 Å². The van der Waals surface area contributed by atoms with Gasteiger partial charge in [-0.3, -0.25) is 9.48 Å². The van der Waals surface area contributed by atoms with E-state index in [0.717, 1.165) is 42.5 Å². The summed E-state index contributed by atoms with van der Waals surface area (Å²) in [6, 6.07) is 11.4. The van der Waals surface area contributed by atoms with Crippen molar-refractivity contribution < 1.29 is 9.53 Å². The number of ether oxygens (including phenoxy) is 1. The lowest BCUT2D eigenvalue weighted by atomic mass is 10.1. The number of para-hydroxylation sites is 1. The van der Waals surface area contributed by atoms with Gasteiger partial charge in [0, 0.05) is 17.3 Å². The monoisotopic (exact) mass is 525 g/mol. The van der Waals surface area contributed by atoms with Gasteiger partial charge in [0.2, 0.25) is 11.8 Å². The largest absolute Gasteiger partial charge is 0.480 e. The molecule has 186 valence electrons. The molecule has 2 aromatic carbocycles. The van der Waals surface area contributed by atoms with Crippen molar-refractivity contribution in [2.75, 3.05) is 37.9 Å². The highest BCUT2D eigenvalue weighted by molar-refractivity contribution is 6.40. The zero-order chi connectivity index (χ0) is 25.2. The molecule has 0 atom stereocenters. The van der Waals surface area contributed by atoms with Crippen LogP contribution in [0.3, 0.4) is 0 Å². The molecule has 1 aliphatic heterocycles. The van der Waals surface area contributed by atoms with Gasteiger partial charge in [-0.15, -0.1) is 0 Å². The normalized spacial score (nSPS) is 14.7. The summed E-state index contributed by atoms with van der Waals surface area (Å²) < 4.78 is 7.49. The summed E-state index contributed by atoms with van der Waals surface area (Å²) >= 11 is 12.3. The Balaban J connectivity index is 1.33. The highest BCUT2D eigenvalue weighted by Gasteiger charge is 2.21. The molecule has 0 spiro atoms. The third-order valence-electron chi connectivity index (χ3n) is 6.28. The van der Waals surface area contributed by atoms with Crippen molar-refractivity contribution in [2.45, 2.75) is 18.9 Å². The van der Waals surface area contributed by atoms with Gasteiger partial charge in [-0.2, -0.15) is 10.1 Å². The van der Waals surface area contributed by atoms with Crippen LogP contribution in [0, 0.1) is 0 Å². The van der Waals surface area contributed by atoms with E-state index in [9.17, 15) is 4.79 Å². The highest BCUT2D eigenvalue weighted by atomic mass is 35.5. The number of likely N-dealkylation sites (tertiary alicyclic amines) is 1. The lowest BCUT2D eigenvalue weighted by Crippen LogP contribution is -2.31. The summed E-state index contributed by atoms with van der Waals surface area (Å²) in [5.41, 5.74) is 2.35. The van der Waals surface area contributed by atoms with Gasteiger partial charge in [-0.1, -0.05) is 29.3 Å². The van der Waals surface area contributed by atoms with Gasteiger partial charge in [0.25, 0.3) is 5.91 Å². The Hall–Kier alpha value is -3.40. The van der Waals surface area contributed by atoms with Crippen LogP contribution in [-0.2, 0) is 0 Å². The fraction of sp³-hybridized carbons (Fsp3) is 0.280. The average molecular weight is 526 g/mol. The molecule has 2 N–H and O–H groups in total. The molecule has 0 unspecified atom stereocenters. The number of carbonyl (C=O) groups excluding carboxylic acids is 1. The molecule has 0 aliphatic carbocycles. The second-order valence-corrected chi connectivity index (χ2v) is 9.50. The van der Waals surface area contributed by atoms with Gasteiger partial charge in [0.15, 0.2) is 0 Å². The molecule has 36 heavy (non-hydrogen) atoms. The number of piperidine rings is 1. The summed E-state index contributed by atoms with van der Waals surface area (Å²) in [6.07, 6.45) is 5.45. The van der Waals surface area contributed by atoms with Crippen LogP contribution >= 0.6 is 23.2 Å². The quantitative estimate of drug-likeness (QED) is 0.347. The Morgan fingerprint density at radius 3 is 2.58 bits per heavy atom. The predicted molar refractivity (Wildman–Crippen MR) is 142 cm³/mol. The SMILES string of the molecule is COc1nc(Nc2ccc3c(cnn3C3CCN(C)CC3)c2)ncc1C(=O)Nc1c(Cl)cccc1Cl. The highest BCUT2D eigenvalue weighted by Crippen LogP contribution is 2.31. The third kappa shape index (κ3) is 4.95. The molecule has 1 aliphatic rings. The van der Waals surface area contributed by atoms with Gasteiger partial charge in [-0.05, 0) is 63.3 Å². The van der Waals surface area contributed by atoms with Gasteiger partial charge in [-0.25, -0.2) is 4.98 Å². The van der Waals surface area contributed by atoms with Crippen molar-refractivity contribution in [1.29, 1.82) is 0 Å². The van der Waals surface area contributed by atoms with Crippen molar-refractivity contribution >= 4 is 57.3 Å². The van der Waals surface area contributed by atoms with Crippen LogP contribution in [0.25, 0.3) is 10.9 Å². The van der Waals surface area contributed by atoms with E-state index in [1.165, 1.54) is 13.3 Å². The van der Waals surface area contributed by atoms with Crippen molar-refractivity contribution in [1.82, 2.24) is 24.6 Å². The Labute approximate surface area is 218 Å². The summed E-state index contributed by atoms with van der Waals surface area (Å²) in [7, 11) is 3.59. The maximum Gasteiger partial charge on any atom is 0.262 e. The van der Waals surface area contributed by atoms with Crippen LogP contribution in [0.2, 0.25) is 10.0 Å². The fourth-order valence-electron chi connectivity index (χ4n) is 4.33. The molecule has 1 fully saturated rings. The molecule has 1 saturated heterocycles. The summed E-state index contributed by atoms with van der Waals surface area (Å²) in [5, 5.41) is 12.2. The average Bonchev–Trinajstić information content (AvgIpc) is 3.30. The molecule has 5 rings (SSSR count). The molecule has 0 saturated carbocycles.